The Kier molecular flexibility index (Phi) is 7.10. The zero-order valence-electron chi connectivity index (χ0n) is 24.3. The van der Waals surface area contributed by atoms with Crippen LogP contribution in [0.1, 0.15) is 67.1 Å². The molecule has 0 radical (unpaired) electrons. The summed E-state index contributed by atoms with van der Waals surface area (Å²) in [5, 5.41) is 9.51. The quantitative estimate of drug-likeness (QED) is 0.282. The summed E-state index contributed by atoms with van der Waals surface area (Å²) in [5.41, 5.74) is 5.39. The molecule has 2 aromatic heterocycles. The number of aryl methyl sites for hydroxylation is 1. The van der Waals surface area contributed by atoms with Crippen molar-refractivity contribution in [1.29, 1.82) is 0 Å². The summed E-state index contributed by atoms with van der Waals surface area (Å²) in [6.45, 7) is 4.91. The molecule has 220 valence electrons. The summed E-state index contributed by atoms with van der Waals surface area (Å²) in [6, 6.07) is 14.9. The van der Waals surface area contributed by atoms with Crippen LogP contribution in [0.5, 0.6) is 0 Å². The van der Waals surface area contributed by atoms with Crippen molar-refractivity contribution in [2.24, 2.45) is 7.05 Å². The van der Waals surface area contributed by atoms with E-state index in [9.17, 15) is 14.4 Å². The highest BCUT2D eigenvalue weighted by atomic mass is 32.1. The first-order valence-electron chi connectivity index (χ1n) is 14.9. The Morgan fingerprint density at radius 3 is 2.58 bits per heavy atom. The molecule has 3 aliphatic rings. The van der Waals surface area contributed by atoms with Crippen molar-refractivity contribution in [1.82, 2.24) is 19.8 Å². The Morgan fingerprint density at radius 2 is 1.81 bits per heavy atom. The van der Waals surface area contributed by atoms with Crippen LogP contribution in [0.4, 0.5) is 17.2 Å². The van der Waals surface area contributed by atoms with Gasteiger partial charge in [-0.05, 0) is 85.5 Å². The van der Waals surface area contributed by atoms with E-state index in [1.807, 2.05) is 30.0 Å². The number of nitrogens with zero attached hydrogens (tertiary/aromatic N) is 3. The Hall–Kier alpha value is -4.28. The second-order valence-corrected chi connectivity index (χ2v) is 12.8. The first kappa shape index (κ1) is 27.5. The topological polar surface area (TPSA) is 108 Å². The van der Waals surface area contributed by atoms with E-state index in [2.05, 4.69) is 27.0 Å². The number of hydrogen-bond acceptors (Lipinski definition) is 7. The SMILES string of the molecule is Cc1c(NC(=O)c2cc3c(s2)C2CCC3C2)cccc1-c1cn(C)c(=O)c(Nc2ccc(C(=O)N3CCNCC3)cc2)n1. The van der Waals surface area contributed by atoms with Gasteiger partial charge in [0.2, 0.25) is 0 Å². The van der Waals surface area contributed by atoms with Crippen molar-refractivity contribution in [3.05, 3.63) is 91.5 Å². The maximum absolute atomic E-state index is 13.3. The van der Waals surface area contributed by atoms with Crippen molar-refractivity contribution < 1.29 is 9.59 Å². The molecule has 0 spiro atoms. The average molecular weight is 595 g/mol. The van der Waals surface area contributed by atoms with Crippen molar-refractivity contribution >= 4 is 40.3 Å². The third kappa shape index (κ3) is 5.14. The number of hydrogen-bond donors (Lipinski definition) is 3. The van der Waals surface area contributed by atoms with Gasteiger partial charge in [-0.3, -0.25) is 14.4 Å². The number of piperazine rings is 1. The highest BCUT2D eigenvalue weighted by molar-refractivity contribution is 7.14. The molecular formula is C33H34N6O3S. The molecule has 4 aromatic rings. The van der Waals surface area contributed by atoms with Crippen LogP contribution in [-0.2, 0) is 7.05 Å². The number of rotatable bonds is 6. The Bertz CT molecular complexity index is 1760. The third-order valence-electron chi connectivity index (χ3n) is 8.99. The number of carbonyl (C=O) groups excluding carboxylic acids is 2. The van der Waals surface area contributed by atoms with Crippen molar-refractivity contribution in [2.45, 2.75) is 38.0 Å². The molecule has 2 atom stereocenters. The van der Waals surface area contributed by atoms with Gasteiger partial charge >= 0.3 is 0 Å². The number of amides is 2. The third-order valence-corrected chi connectivity index (χ3v) is 10.3. The Morgan fingerprint density at radius 1 is 1.05 bits per heavy atom. The normalized spacial score (nSPS) is 18.9. The van der Waals surface area contributed by atoms with Gasteiger partial charge in [-0.15, -0.1) is 11.3 Å². The summed E-state index contributed by atoms with van der Waals surface area (Å²) in [6.07, 6.45) is 5.43. The summed E-state index contributed by atoms with van der Waals surface area (Å²) in [5.74, 6) is 1.35. The van der Waals surface area contributed by atoms with Crippen molar-refractivity contribution in [2.75, 3.05) is 36.8 Å². The van der Waals surface area contributed by atoms with Gasteiger partial charge in [0.15, 0.2) is 5.82 Å². The molecule has 1 saturated heterocycles. The first-order chi connectivity index (χ1) is 20.9. The number of thiophene rings is 1. The predicted molar refractivity (Wildman–Crippen MR) is 170 cm³/mol. The maximum atomic E-state index is 13.3. The summed E-state index contributed by atoms with van der Waals surface area (Å²) in [4.78, 5) is 47.8. The molecule has 2 amide bonds. The molecule has 2 fully saturated rings. The minimum Gasteiger partial charge on any atom is -0.336 e. The molecule has 1 saturated carbocycles. The fraction of sp³-hybridized carbons (Fsp3) is 0.333. The second kappa shape index (κ2) is 11.1. The van der Waals surface area contributed by atoms with Crippen molar-refractivity contribution in [3.8, 4) is 11.3 Å². The molecular weight excluding hydrogens is 560 g/mol. The number of fused-ring (bicyclic) bond motifs is 5. The first-order valence-corrected chi connectivity index (χ1v) is 15.7. The van der Waals surface area contributed by atoms with Crippen LogP contribution in [-0.4, -0.2) is 52.4 Å². The lowest BCUT2D eigenvalue weighted by Crippen LogP contribution is -2.46. The van der Waals surface area contributed by atoms with Crippen LogP contribution in [0, 0.1) is 6.92 Å². The van der Waals surface area contributed by atoms with Crippen molar-refractivity contribution in [3.63, 3.8) is 0 Å². The molecule has 2 aromatic carbocycles. The molecule has 3 N–H and O–H groups in total. The van der Waals surface area contributed by atoms with Gasteiger partial charge in [0, 0.05) is 66.8 Å². The zero-order chi connectivity index (χ0) is 29.7. The summed E-state index contributed by atoms with van der Waals surface area (Å²) < 4.78 is 1.50. The van der Waals surface area contributed by atoms with Gasteiger partial charge in [0.1, 0.15) is 0 Å². The average Bonchev–Trinajstić information content (AvgIpc) is 3.76. The van der Waals surface area contributed by atoms with E-state index in [4.69, 9.17) is 0 Å². The zero-order valence-corrected chi connectivity index (χ0v) is 25.1. The molecule has 3 heterocycles. The molecule has 10 heteroatoms. The molecule has 1 aliphatic heterocycles. The van der Waals surface area contributed by atoms with E-state index in [-0.39, 0.29) is 23.2 Å². The van der Waals surface area contributed by atoms with Gasteiger partial charge in [-0.25, -0.2) is 4.98 Å². The lowest BCUT2D eigenvalue weighted by molar-refractivity contribution is 0.0735. The number of nitrogens with one attached hydrogen (secondary N) is 3. The second-order valence-electron chi connectivity index (χ2n) is 11.7. The standard InChI is InChI=1S/C33H34N6O3S/c1-19-24(4-3-5-26(19)37-31(40)28-17-25-21-6-7-22(16-21)29(25)43-28)27-18-38(2)33(42)30(36-27)35-23-10-8-20(9-11-23)32(41)39-14-12-34-13-15-39/h3-5,8-11,17-18,21-22,34H,6-7,12-16H2,1-2H3,(H,35,36)(H,37,40). The predicted octanol–water partition coefficient (Wildman–Crippen LogP) is 5.22. The van der Waals surface area contributed by atoms with Gasteiger partial charge in [-0.1, -0.05) is 12.1 Å². The molecule has 43 heavy (non-hydrogen) atoms. The fourth-order valence-corrected chi connectivity index (χ4v) is 7.90. The largest absolute Gasteiger partial charge is 0.336 e. The lowest BCUT2D eigenvalue weighted by Gasteiger charge is -2.27. The minimum atomic E-state index is -0.272. The molecule has 7 rings (SSSR count). The monoisotopic (exact) mass is 594 g/mol. The van der Waals surface area contributed by atoms with Crippen LogP contribution >= 0.6 is 11.3 Å². The van der Waals surface area contributed by atoms with E-state index in [1.165, 1.54) is 34.3 Å². The van der Waals surface area contributed by atoms with E-state index in [0.29, 0.717) is 47.6 Å². The van der Waals surface area contributed by atoms with Crippen LogP contribution in [0.15, 0.2) is 59.5 Å². The van der Waals surface area contributed by atoms with E-state index >= 15 is 0 Å². The highest BCUT2D eigenvalue weighted by Crippen LogP contribution is 2.56. The molecule has 2 bridgehead atoms. The van der Waals surface area contributed by atoms with Gasteiger partial charge < -0.3 is 25.4 Å². The summed E-state index contributed by atoms with van der Waals surface area (Å²) >= 11 is 1.64. The Labute approximate surface area is 254 Å². The molecule has 2 unspecified atom stereocenters. The highest BCUT2D eigenvalue weighted by Gasteiger charge is 2.39. The van der Waals surface area contributed by atoms with Crippen LogP contribution in [0.2, 0.25) is 0 Å². The van der Waals surface area contributed by atoms with E-state index < -0.39 is 0 Å². The fourth-order valence-electron chi connectivity index (χ4n) is 6.60. The van der Waals surface area contributed by atoms with Gasteiger partial charge in [0.05, 0.1) is 10.6 Å². The smallest absolute Gasteiger partial charge is 0.293 e. The molecule has 9 nitrogen and oxygen atoms in total. The number of carbonyl (C=O) groups is 2. The van der Waals surface area contributed by atoms with Gasteiger partial charge in [-0.2, -0.15) is 0 Å². The maximum Gasteiger partial charge on any atom is 0.293 e. The molecule has 2 aliphatic carbocycles. The van der Waals surface area contributed by atoms with Crippen LogP contribution < -0.4 is 21.5 Å². The van der Waals surface area contributed by atoms with E-state index in [0.717, 1.165) is 29.1 Å². The Balaban J connectivity index is 1.10. The van der Waals surface area contributed by atoms with Crippen LogP contribution in [0.3, 0.4) is 0 Å². The number of anilines is 3. The van der Waals surface area contributed by atoms with Gasteiger partial charge in [0.25, 0.3) is 17.4 Å². The number of aromatic nitrogens is 2. The van der Waals surface area contributed by atoms with Crippen LogP contribution in [0.25, 0.3) is 11.3 Å². The summed E-state index contributed by atoms with van der Waals surface area (Å²) in [7, 11) is 1.69. The lowest BCUT2D eigenvalue weighted by atomic mass is 9.99. The van der Waals surface area contributed by atoms with E-state index in [1.54, 1.807) is 48.8 Å². The minimum absolute atomic E-state index is 0.00169. The number of benzene rings is 2.